The van der Waals surface area contributed by atoms with E-state index in [9.17, 15) is 13.2 Å². The minimum absolute atomic E-state index is 0. The molecule has 1 aliphatic rings. The summed E-state index contributed by atoms with van der Waals surface area (Å²) < 4.78 is 42.7. The van der Waals surface area contributed by atoms with E-state index in [0.717, 1.165) is 37.1 Å². The summed E-state index contributed by atoms with van der Waals surface area (Å²) in [6, 6.07) is 4.58. The van der Waals surface area contributed by atoms with Crippen molar-refractivity contribution in [1.29, 1.82) is 0 Å². The third-order valence-corrected chi connectivity index (χ3v) is 4.03. The van der Waals surface area contributed by atoms with E-state index in [2.05, 4.69) is 30.9 Å². The van der Waals surface area contributed by atoms with Gasteiger partial charge in [-0.2, -0.15) is 0 Å². The second-order valence-electron chi connectivity index (χ2n) is 4.94. The van der Waals surface area contributed by atoms with Gasteiger partial charge in [-0.05, 0) is 24.6 Å². The van der Waals surface area contributed by atoms with Crippen LogP contribution < -0.4 is 10.1 Å². The van der Waals surface area contributed by atoms with Crippen molar-refractivity contribution in [3.8, 4) is 5.75 Å². The first-order valence-electron chi connectivity index (χ1n) is 6.90. The molecule has 1 aliphatic heterocycles. The summed E-state index contributed by atoms with van der Waals surface area (Å²) in [6.07, 6.45) is -3.95. The fraction of sp³-hybridized carbons (Fsp3) is 0.571. The van der Waals surface area contributed by atoms with Gasteiger partial charge in [0.25, 0.3) is 0 Å². The van der Waals surface area contributed by atoms with Crippen LogP contribution in [0.25, 0.3) is 0 Å². The molecule has 0 unspecified atom stereocenters. The van der Waals surface area contributed by atoms with E-state index in [4.69, 9.17) is 0 Å². The van der Waals surface area contributed by atoms with Gasteiger partial charge in [-0.15, -0.1) is 38.0 Å². The molecule has 1 aromatic rings. The van der Waals surface area contributed by atoms with Gasteiger partial charge in [0.15, 0.2) is 0 Å². The molecular formula is C14H20BrCl2F3N2O. The number of benzene rings is 1. The highest BCUT2D eigenvalue weighted by Crippen LogP contribution is 2.36. The van der Waals surface area contributed by atoms with Crippen molar-refractivity contribution in [2.24, 2.45) is 0 Å². The lowest BCUT2D eigenvalue weighted by Gasteiger charge is -2.35. The molecule has 2 rings (SSSR count). The smallest absolute Gasteiger partial charge is 0.405 e. The lowest BCUT2D eigenvalue weighted by molar-refractivity contribution is -0.275. The zero-order chi connectivity index (χ0) is 15.5. The summed E-state index contributed by atoms with van der Waals surface area (Å²) in [7, 11) is 0. The monoisotopic (exact) mass is 438 g/mol. The van der Waals surface area contributed by atoms with Crippen LogP contribution in [0.5, 0.6) is 5.75 Å². The largest absolute Gasteiger partial charge is 0.573 e. The van der Waals surface area contributed by atoms with Crippen LogP contribution in [0.4, 0.5) is 13.2 Å². The Kier molecular flexibility index (Phi) is 9.84. The molecule has 1 aromatic carbocycles. The molecule has 0 bridgehead atoms. The first kappa shape index (κ1) is 22.8. The zero-order valence-corrected chi connectivity index (χ0v) is 15.7. The number of alkyl halides is 3. The van der Waals surface area contributed by atoms with E-state index in [-0.39, 0.29) is 36.6 Å². The quantitative estimate of drug-likeness (QED) is 0.744. The topological polar surface area (TPSA) is 24.5 Å². The van der Waals surface area contributed by atoms with E-state index in [1.54, 1.807) is 12.1 Å². The normalized spacial score (nSPS) is 16.9. The SMILES string of the molecule is CC[C@H](c1cc(Br)ccc1OC(F)(F)F)N1CCNCC1.Cl.Cl. The Morgan fingerprint density at radius 1 is 1.26 bits per heavy atom. The highest BCUT2D eigenvalue weighted by molar-refractivity contribution is 9.10. The molecule has 1 heterocycles. The summed E-state index contributed by atoms with van der Waals surface area (Å²) in [6.45, 7) is 5.30. The van der Waals surface area contributed by atoms with Crippen LogP contribution in [0.3, 0.4) is 0 Å². The van der Waals surface area contributed by atoms with Crippen molar-refractivity contribution >= 4 is 40.7 Å². The molecule has 0 amide bonds. The fourth-order valence-electron chi connectivity index (χ4n) is 2.67. The molecule has 134 valence electrons. The van der Waals surface area contributed by atoms with Crippen LogP contribution in [0, 0.1) is 0 Å². The maximum absolute atomic E-state index is 12.6. The second-order valence-corrected chi connectivity index (χ2v) is 5.86. The van der Waals surface area contributed by atoms with Crippen LogP contribution in [0.15, 0.2) is 22.7 Å². The molecule has 9 heteroatoms. The van der Waals surface area contributed by atoms with Gasteiger partial charge in [0.2, 0.25) is 0 Å². The van der Waals surface area contributed by atoms with Gasteiger partial charge in [-0.1, -0.05) is 22.9 Å². The molecule has 3 nitrogen and oxygen atoms in total. The molecule has 0 saturated carbocycles. The predicted octanol–water partition coefficient (Wildman–Crippen LogP) is 4.55. The van der Waals surface area contributed by atoms with Crippen LogP contribution >= 0.6 is 40.7 Å². The van der Waals surface area contributed by atoms with Crippen LogP contribution in [-0.4, -0.2) is 37.4 Å². The molecular weight excluding hydrogens is 420 g/mol. The van der Waals surface area contributed by atoms with Crippen LogP contribution in [0.1, 0.15) is 24.9 Å². The third-order valence-electron chi connectivity index (χ3n) is 3.54. The lowest BCUT2D eigenvalue weighted by atomic mass is 10.0. The first-order valence-corrected chi connectivity index (χ1v) is 7.70. The van der Waals surface area contributed by atoms with Gasteiger partial charge >= 0.3 is 6.36 Å². The van der Waals surface area contributed by atoms with E-state index in [1.807, 2.05) is 6.92 Å². The van der Waals surface area contributed by atoms with Gasteiger partial charge in [-0.25, -0.2) is 0 Å². The molecule has 1 atom stereocenters. The Morgan fingerprint density at radius 3 is 2.39 bits per heavy atom. The van der Waals surface area contributed by atoms with E-state index < -0.39 is 6.36 Å². The van der Waals surface area contributed by atoms with Gasteiger partial charge in [-0.3, -0.25) is 4.90 Å². The minimum atomic E-state index is -4.68. The van der Waals surface area contributed by atoms with Crippen LogP contribution in [-0.2, 0) is 0 Å². The minimum Gasteiger partial charge on any atom is -0.405 e. The van der Waals surface area contributed by atoms with Crippen molar-refractivity contribution in [2.45, 2.75) is 25.7 Å². The van der Waals surface area contributed by atoms with Gasteiger partial charge in [0.05, 0.1) is 0 Å². The van der Waals surface area contributed by atoms with Crippen molar-refractivity contribution in [1.82, 2.24) is 10.2 Å². The standard InChI is InChI=1S/C14H18BrF3N2O.2ClH/c1-2-12(20-7-5-19-6-8-20)11-9-10(15)3-4-13(11)21-14(16,17)18;;/h3-4,9,12,19H,2,5-8H2,1H3;2*1H/t12-;;/m1../s1. The number of piperazine rings is 1. The summed E-state index contributed by atoms with van der Waals surface area (Å²) in [5, 5.41) is 3.25. The van der Waals surface area contributed by atoms with Crippen molar-refractivity contribution < 1.29 is 17.9 Å². The number of rotatable bonds is 4. The van der Waals surface area contributed by atoms with E-state index >= 15 is 0 Å². The molecule has 0 aromatic heterocycles. The second kappa shape index (κ2) is 9.93. The summed E-state index contributed by atoms with van der Waals surface area (Å²) >= 11 is 3.33. The van der Waals surface area contributed by atoms with E-state index in [0.29, 0.717) is 5.56 Å². The summed E-state index contributed by atoms with van der Waals surface area (Å²) in [4.78, 5) is 2.20. The van der Waals surface area contributed by atoms with Gasteiger partial charge in [0, 0.05) is 42.3 Å². The molecule has 1 saturated heterocycles. The average molecular weight is 440 g/mol. The Labute approximate surface area is 154 Å². The Balaban J connectivity index is 0.00000242. The van der Waals surface area contributed by atoms with Crippen molar-refractivity contribution in [3.63, 3.8) is 0 Å². The highest BCUT2D eigenvalue weighted by atomic mass is 79.9. The Bertz CT molecular complexity index is 486. The molecule has 0 spiro atoms. The first-order chi connectivity index (χ1) is 9.90. The number of hydrogen-bond donors (Lipinski definition) is 1. The third kappa shape index (κ3) is 6.66. The van der Waals surface area contributed by atoms with Crippen molar-refractivity contribution in [3.05, 3.63) is 28.2 Å². The zero-order valence-electron chi connectivity index (χ0n) is 12.5. The average Bonchev–Trinajstić information content (AvgIpc) is 2.42. The number of hydrogen-bond acceptors (Lipinski definition) is 3. The number of nitrogens with one attached hydrogen (secondary N) is 1. The van der Waals surface area contributed by atoms with Crippen LogP contribution in [0.2, 0.25) is 0 Å². The highest BCUT2D eigenvalue weighted by Gasteiger charge is 2.34. The molecule has 1 N–H and O–H groups in total. The Morgan fingerprint density at radius 2 is 1.87 bits per heavy atom. The number of nitrogens with zero attached hydrogens (tertiary/aromatic N) is 1. The fourth-order valence-corrected chi connectivity index (χ4v) is 3.04. The summed E-state index contributed by atoms with van der Waals surface area (Å²) in [5.74, 6) is -0.115. The predicted molar refractivity (Wildman–Crippen MR) is 92.8 cm³/mol. The molecule has 0 aliphatic carbocycles. The van der Waals surface area contributed by atoms with E-state index in [1.165, 1.54) is 6.07 Å². The number of ether oxygens (including phenoxy) is 1. The maximum atomic E-state index is 12.6. The molecule has 1 fully saturated rings. The van der Waals surface area contributed by atoms with Crippen molar-refractivity contribution in [2.75, 3.05) is 26.2 Å². The summed E-state index contributed by atoms with van der Waals surface area (Å²) in [5.41, 5.74) is 0.575. The molecule has 23 heavy (non-hydrogen) atoms. The van der Waals surface area contributed by atoms with Gasteiger partial charge < -0.3 is 10.1 Å². The maximum Gasteiger partial charge on any atom is 0.573 e. The number of halogens is 6. The molecule has 0 radical (unpaired) electrons. The lowest BCUT2D eigenvalue weighted by Crippen LogP contribution is -2.45. The Hall–Kier alpha value is -0.210. The van der Waals surface area contributed by atoms with Gasteiger partial charge in [0.1, 0.15) is 5.75 Å².